The summed E-state index contributed by atoms with van der Waals surface area (Å²) in [7, 11) is 0. The number of hydrogen-bond donors (Lipinski definition) is 2. The van der Waals surface area contributed by atoms with Gasteiger partial charge in [-0.05, 0) is 119 Å². The third-order valence-electron chi connectivity index (χ3n) is 13.5. The fourth-order valence-corrected chi connectivity index (χ4v) is 10.9. The minimum Gasteiger partial charge on any atom is -0.446 e. The molecule has 0 spiro atoms. The molecule has 276 valence electrons. The highest BCUT2D eigenvalue weighted by atomic mass is 16.7. The SMILES string of the molecule is CC(C)CCC[C@@H](C)C1CCC2C3CC=C4CC(OC(=O)NCCCCCCOC5CCC(COC(C)C)O5)CCC4(N)C3CCC21C. The molecule has 1 amide bonds. The van der Waals surface area contributed by atoms with Crippen molar-refractivity contribution < 1.29 is 23.7 Å². The van der Waals surface area contributed by atoms with Crippen LogP contribution in [0.3, 0.4) is 0 Å². The molecule has 3 saturated carbocycles. The van der Waals surface area contributed by atoms with E-state index in [-0.39, 0.29) is 36.2 Å². The molecule has 4 fully saturated rings. The standard InChI is InChI=1S/C41H72N2O5/c1-28(2)12-11-13-30(5)35-17-18-36-34-16-14-31-26-32(20-23-41(31,42)37(34)21-22-40(35,36)6)48-39(44)43-24-9-7-8-10-25-45-38-19-15-33(47-38)27-46-29(3)4/h14,28-30,32-38H,7-13,15-27,42H2,1-6H3,(H,43,44)/t30-,32?,33?,34?,35?,36?,37?,38?,40?,41?/m1/s1. The molecule has 4 aliphatic carbocycles. The molecule has 3 N–H and O–H groups in total. The van der Waals surface area contributed by atoms with Crippen molar-refractivity contribution in [3.05, 3.63) is 11.6 Å². The Morgan fingerprint density at radius 1 is 0.958 bits per heavy atom. The summed E-state index contributed by atoms with van der Waals surface area (Å²) in [5.41, 5.74) is 9.03. The number of unbranched alkanes of at least 4 members (excludes halogenated alkanes) is 3. The Hall–Kier alpha value is -1.15. The topological polar surface area (TPSA) is 92.0 Å². The third-order valence-corrected chi connectivity index (χ3v) is 13.5. The Morgan fingerprint density at radius 2 is 1.77 bits per heavy atom. The van der Waals surface area contributed by atoms with Crippen molar-refractivity contribution in [2.45, 2.75) is 181 Å². The Kier molecular flexibility index (Phi) is 13.8. The average Bonchev–Trinajstić information content (AvgIpc) is 3.65. The van der Waals surface area contributed by atoms with E-state index in [9.17, 15) is 4.79 Å². The van der Waals surface area contributed by atoms with Gasteiger partial charge >= 0.3 is 6.09 Å². The zero-order valence-electron chi connectivity index (χ0n) is 31.6. The van der Waals surface area contributed by atoms with Gasteiger partial charge in [-0.25, -0.2) is 4.79 Å². The molecule has 1 saturated heterocycles. The Bertz CT molecular complexity index is 1050. The van der Waals surface area contributed by atoms with Crippen LogP contribution in [0.1, 0.15) is 151 Å². The van der Waals surface area contributed by atoms with Gasteiger partial charge in [0.2, 0.25) is 0 Å². The van der Waals surface area contributed by atoms with Gasteiger partial charge in [-0.1, -0.05) is 71.4 Å². The van der Waals surface area contributed by atoms with Crippen molar-refractivity contribution in [1.29, 1.82) is 0 Å². The van der Waals surface area contributed by atoms with Crippen LogP contribution < -0.4 is 11.1 Å². The van der Waals surface area contributed by atoms with E-state index in [1.165, 1.54) is 56.9 Å². The second-order valence-corrected chi connectivity index (χ2v) is 17.5. The number of ether oxygens (including phenoxy) is 4. The quantitative estimate of drug-likeness (QED) is 0.118. The molecule has 0 aromatic carbocycles. The van der Waals surface area contributed by atoms with E-state index in [0.29, 0.717) is 24.5 Å². The maximum Gasteiger partial charge on any atom is 0.407 e. The van der Waals surface area contributed by atoms with Gasteiger partial charge in [0.25, 0.3) is 0 Å². The zero-order chi connectivity index (χ0) is 34.3. The largest absolute Gasteiger partial charge is 0.446 e. The molecule has 0 aromatic rings. The van der Waals surface area contributed by atoms with Crippen molar-refractivity contribution in [3.63, 3.8) is 0 Å². The number of amides is 1. The van der Waals surface area contributed by atoms with E-state index < -0.39 is 0 Å². The second kappa shape index (κ2) is 17.4. The number of carbonyl (C=O) groups excluding carboxylic acids is 1. The Balaban J connectivity index is 0.975. The molecule has 9 unspecified atom stereocenters. The summed E-state index contributed by atoms with van der Waals surface area (Å²) in [4.78, 5) is 12.7. The maximum absolute atomic E-state index is 12.7. The molecule has 1 aliphatic heterocycles. The maximum atomic E-state index is 12.7. The summed E-state index contributed by atoms with van der Waals surface area (Å²) >= 11 is 0. The number of allylic oxidation sites excluding steroid dienone is 1. The highest BCUT2D eigenvalue weighted by Gasteiger charge is 2.59. The van der Waals surface area contributed by atoms with Gasteiger partial charge in [0.05, 0.1) is 18.8 Å². The van der Waals surface area contributed by atoms with Crippen LogP contribution in [0.15, 0.2) is 11.6 Å². The van der Waals surface area contributed by atoms with Crippen LogP contribution in [-0.4, -0.2) is 56.0 Å². The van der Waals surface area contributed by atoms with Crippen molar-refractivity contribution in [3.8, 4) is 0 Å². The lowest BCUT2D eigenvalue weighted by molar-refractivity contribution is -0.147. The third kappa shape index (κ3) is 9.39. The number of rotatable bonds is 17. The number of alkyl carbamates (subject to hydrolysis) is 1. The van der Waals surface area contributed by atoms with Gasteiger partial charge in [-0.3, -0.25) is 0 Å². The molecule has 7 heteroatoms. The van der Waals surface area contributed by atoms with Crippen molar-refractivity contribution in [2.24, 2.45) is 46.7 Å². The number of hydrogen-bond acceptors (Lipinski definition) is 6. The Morgan fingerprint density at radius 3 is 2.56 bits per heavy atom. The predicted octanol–water partition coefficient (Wildman–Crippen LogP) is 9.32. The van der Waals surface area contributed by atoms with Crippen LogP contribution in [-0.2, 0) is 18.9 Å². The average molecular weight is 673 g/mol. The molecular formula is C41H72N2O5. The summed E-state index contributed by atoms with van der Waals surface area (Å²) in [5.74, 6) is 4.62. The lowest BCUT2D eigenvalue weighted by Gasteiger charge is -2.58. The summed E-state index contributed by atoms with van der Waals surface area (Å²) in [6.45, 7) is 16.0. The fraction of sp³-hybridized carbons (Fsp3) is 0.927. The minimum absolute atomic E-state index is 0.0626. The smallest absolute Gasteiger partial charge is 0.407 e. The fourth-order valence-electron chi connectivity index (χ4n) is 10.9. The monoisotopic (exact) mass is 673 g/mol. The lowest BCUT2D eigenvalue weighted by Crippen LogP contribution is -2.60. The highest BCUT2D eigenvalue weighted by Crippen LogP contribution is 2.65. The molecule has 7 nitrogen and oxygen atoms in total. The molecule has 0 bridgehead atoms. The first-order chi connectivity index (χ1) is 23.0. The van der Waals surface area contributed by atoms with E-state index in [2.05, 4.69) is 39.1 Å². The number of carbonyl (C=O) groups is 1. The molecular weight excluding hydrogens is 600 g/mol. The molecule has 5 rings (SSSR count). The number of nitrogens with two attached hydrogens (primary N) is 1. The molecule has 0 aromatic heterocycles. The van der Waals surface area contributed by atoms with Crippen LogP contribution in [0.25, 0.3) is 0 Å². The predicted molar refractivity (Wildman–Crippen MR) is 194 cm³/mol. The van der Waals surface area contributed by atoms with E-state index >= 15 is 0 Å². The van der Waals surface area contributed by atoms with Crippen LogP contribution in [0.4, 0.5) is 4.79 Å². The normalized spacial score (nSPS) is 36.8. The van der Waals surface area contributed by atoms with Crippen LogP contribution in [0.2, 0.25) is 0 Å². The van der Waals surface area contributed by atoms with E-state index in [0.717, 1.165) is 94.0 Å². The van der Waals surface area contributed by atoms with Gasteiger partial charge in [0.15, 0.2) is 6.29 Å². The summed E-state index contributed by atoms with van der Waals surface area (Å²) < 4.78 is 23.5. The second-order valence-electron chi connectivity index (χ2n) is 17.5. The Labute approximate surface area is 293 Å². The van der Waals surface area contributed by atoms with Gasteiger partial charge in [-0.2, -0.15) is 0 Å². The number of nitrogens with one attached hydrogen (secondary N) is 1. The highest BCUT2D eigenvalue weighted by molar-refractivity contribution is 5.67. The molecule has 5 aliphatic rings. The van der Waals surface area contributed by atoms with E-state index in [4.69, 9.17) is 24.7 Å². The summed E-state index contributed by atoms with van der Waals surface area (Å²) in [6, 6.07) is 0. The lowest BCUT2D eigenvalue weighted by atomic mass is 9.49. The first kappa shape index (κ1) is 38.1. The van der Waals surface area contributed by atoms with Crippen molar-refractivity contribution in [1.82, 2.24) is 5.32 Å². The molecule has 0 radical (unpaired) electrons. The van der Waals surface area contributed by atoms with E-state index in [1.54, 1.807) is 0 Å². The minimum atomic E-state index is -0.274. The van der Waals surface area contributed by atoms with Gasteiger partial charge in [-0.15, -0.1) is 0 Å². The zero-order valence-corrected chi connectivity index (χ0v) is 31.6. The van der Waals surface area contributed by atoms with Gasteiger partial charge < -0.3 is 30.0 Å². The van der Waals surface area contributed by atoms with Gasteiger partial charge in [0.1, 0.15) is 6.10 Å². The first-order valence-corrected chi connectivity index (χ1v) is 20.3. The molecule has 10 atom stereocenters. The van der Waals surface area contributed by atoms with E-state index in [1.807, 2.05) is 13.8 Å². The van der Waals surface area contributed by atoms with Crippen LogP contribution in [0.5, 0.6) is 0 Å². The first-order valence-electron chi connectivity index (χ1n) is 20.3. The summed E-state index contributed by atoms with van der Waals surface area (Å²) in [6.07, 6.45) is 21.8. The van der Waals surface area contributed by atoms with Crippen molar-refractivity contribution >= 4 is 6.09 Å². The summed E-state index contributed by atoms with van der Waals surface area (Å²) in [5, 5.41) is 3.00. The molecule has 48 heavy (non-hydrogen) atoms. The number of fused-ring (bicyclic) bond motifs is 5. The van der Waals surface area contributed by atoms with Crippen LogP contribution in [0, 0.1) is 40.9 Å². The van der Waals surface area contributed by atoms with Crippen molar-refractivity contribution in [2.75, 3.05) is 19.8 Å². The molecule has 1 heterocycles. The van der Waals surface area contributed by atoms with Crippen LogP contribution >= 0.6 is 0 Å². The van der Waals surface area contributed by atoms with Gasteiger partial charge in [0, 0.05) is 31.5 Å².